The number of amides is 15. The van der Waals surface area contributed by atoms with Crippen LogP contribution in [0, 0.1) is 23.4 Å². The number of likely N-dealkylation sites (N-methyl/N-ethyl adjacent to an activating group) is 3. The third kappa shape index (κ3) is 27.5. The van der Waals surface area contributed by atoms with Gasteiger partial charge < -0.3 is 114 Å². The number of halogens is 3. The van der Waals surface area contributed by atoms with E-state index in [-0.39, 0.29) is 37.0 Å². The van der Waals surface area contributed by atoms with Crippen LogP contribution < -0.4 is 59.3 Å². The van der Waals surface area contributed by atoms with Crippen molar-refractivity contribution in [1.29, 1.82) is 0 Å². The zero-order chi connectivity index (χ0) is 96.6. The van der Waals surface area contributed by atoms with Crippen molar-refractivity contribution in [3.63, 3.8) is 0 Å². The van der Waals surface area contributed by atoms with Crippen LogP contribution in [0.1, 0.15) is 93.5 Å². The predicted molar refractivity (Wildman–Crippen MR) is 469 cm³/mol. The summed E-state index contributed by atoms with van der Waals surface area (Å²) in [5.74, 6) is -28.1. The molecule has 43 heteroatoms. The second kappa shape index (κ2) is 47.3. The number of aliphatic hydroxyl groups is 2. The molecule has 0 saturated carbocycles. The number of hydrogen-bond donors (Lipinski definition) is 17. The van der Waals surface area contributed by atoms with E-state index in [0.29, 0.717) is 57.9 Å². The van der Waals surface area contributed by atoms with Gasteiger partial charge in [0.25, 0.3) is 0 Å². The van der Waals surface area contributed by atoms with E-state index in [9.17, 15) is 68.3 Å². The number of benzene rings is 5. The highest BCUT2D eigenvalue weighted by molar-refractivity contribution is 8.00. The van der Waals surface area contributed by atoms with E-state index in [1.54, 1.807) is 91.9 Å². The maximum Gasteiger partial charge on any atom is 0.305 e. The number of aliphatic hydroxyl groups excluding tert-OH is 2. The van der Waals surface area contributed by atoms with Gasteiger partial charge in [-0.05, 0) is 70.5 Å². The fourth-order valence-corrected chi connectivity index (χ4v) is 16.7. The van der Waals surface area contributed by atoms with Crippen molar-refractivity contribution < 1.29 is 120 Å². The van der Waals surface area contributed by atoms with Crippen LogP contribution in [0.4, 0.5) is 13.2 Å². The summed E-state index contributed by atoms with van der Waals surface area (Å²) in [6.45, 7) is 1.83. The first-order valence-corrected chi connectivity index (χ1v) is 43.8. The number of thioether (sulfide) groups is 1. The zero-order valence-electron chi connectivity index (χ0n) is 73.2. The molecule has 3 aliphatic heterocycles. The third-order valence-electron chi connectivity index (χ3n) is 23.0. The largest absolute Gasteiger partial charge is 0.508 e. The molecule has 15 amide bonds. The summed E-state index contributed by atoms with van der Waals surface area (Å²) in [6, 6.07) is 5.59. The highest BCUT2D eigenvalue weighted by Crippen LogP contribution is 2.29. The first-order chi connectivity index (χ1) is 62.6. The van der Waals surface area contributed by atoms with Crippen LogP contribution in [0.2, 0.25) is 0 Å². The average Bonchev–Trinajstić information content (AvgIpc) is 1.38. The summed E-state index contributed by atoms with van der Waals surface area (Å²) >= 11 is 0.599. The number of unbranched alkanes of at least 4 members (excludes halogenated alkanes) is 1. The summed E-state index contributed by atoms with van der Waals surface area (Å²) in [7, 11) is 3.48. The van der Waals surface area contributed by atoms with Crippen molar-refractivity contribution in [3.05, 3.63) is 173 Å². The van der Waals surface area contributed by atoms with Crippen LogP contribution in [0.5, 0.6) is 5.75 Å². The molecule has 6 aromatic rings. The quantitative estimate of drug-likeness (QED) is 0.0333. The summed E-state index contributed by atoms with van der Waals surface area (Å²) in [5, 5.41) is 76.5. The molecule has 3 aliphatic rings. The number of rotatable bonds is 22. The number of aromatic nitrogens is 1. The van der Waals surface area contributed by atoms with Gasteiger partial charge in [-0.3, -0.25) is 81.5 Å². The smallest absolute Gasteiger partial charge is 0.305 e. The van der Waals surface area contributed by atoms with E-state index >= 15 is 51.9 Å². The number of para-hydroxylation sites is 1. The lowest BCUT2D eigenvalue weighted by molar-refractivity contribution is -0.152. The van der Waals surface area contributed by atoms with E-state index in [2.05, 4.69) is 52.8 Å². The number of primary amides is 1. The van der Waals surface area contributed by atoms with Crippen LogP contribution in [0.15, 0.2) is 128 Å². The van der Waals surface area contributed by atoms with Gasteiger partial charge in [-0.25, -0.2) is 13.2 Å². The van der Waals surface area contributed by atoms with Gasteiger partial charge in [-0.1, -0.05) is 125 Å². The number of hydrogen-bond acceptors (Lipinski definition) is 22. The van der Waals surface area contributed by atoms with Crippen molar-refractivity contribution in [2.75, 3.05) is 58.8 Å². The second-order valence-electron chi connectivity index (χ2n) is 33.1. The number of fused-ring (bicyclic) bond motifs is 3. The summed E-state index contributed by atoms with van der Waals surface area (Å²) in [5.41, 5.74) is 13.2. The van der Waals surface area contributed by atoms with Crippen molar-refractivity contribution >= 4 is 123 Å². The zero-order valence-corrected chi connectivity index (χ0v) is 74.0. The highest BCUT2D eigenvalue weighted by atomic mass is 32.2. The van der Waals surface area contributed by atoms with Gasteiger partial charge in [0.15, 0.2) is 17.5 Å². The van der Waals surface area contributed by atoms with Crippen molar-refractivity contribution in [1.82, 2.24) is 77.3 Å². The molecule has 39 nitrogen and oxygen atoms in total. The number of nitrogens with two attached hydrogens (primary N) is 2. The Morgan fingerprint density at radius 3 is 1.57 bits per heavy atom. The molecule has 0 spiro atoms. The van der Waals surface area contributed by atoms with Gasteiger partial charge in [-0.2, -0.15) is 0 Å². The van der Waals surface area contributed by atoms with Gasteiger partial charge in [0, 0.05) is 109 Å². The minimum Gasteiger partial charge on any atom is -0.508 e. The number of aliphatic carboxylic acids is 2. The number of aromatic hydroxyl groups is 1. The molecule has 0 aliphatic carbocycles. The number of carbonyl (C=O) groups is 17. The van der Waals surface area contributed by atoms with E-state index in [1.807, 2.05) is 0 Å². The lowest BCUT2D eigenvalue weighted by Gasteiger charge is -2.38. The van der Waals surface area contributed by atoms with Crippen molar-refractivity contribution in [2.45, 2.75) is 189 Å². The van der Waals surface area contributed by atoms with Crippen LogP contribution in [-0.2, 0) is 114 Å². The minimum atomic E-state index is -2.12. The molecule has 1 aromatic heterocycles. The minimum absolute atomic E-state index is 0.158. The SMILES string of the molecule is CCCC[C@H]1C(=O)N2C[C@H](O)C[C@@H]2C(=O)N[C@@H](CC(=O)O)C(=O)N[C@@H](C(C)C)C(=O)N(C)[C@H](Cc2ccccc2)C(=O)N[C@@H](CC(=O)O)C(=O)N2C[C@H](O)C[C@@H]2C(=O)N[C@@H](Cc2c[nH]c3ccccc23)C(=O)N[C@@H](Cc2ccc(O)cc2)C(=O)N[C@@H](CN)C(=O)N[C@H](C(=O)NCC(N)=O)CSCC(=O)N[C@@H](Cc2cc(F)c(F)c(F)c2)C(=O)N(C)[C@@H](Cc2ccccc2)C(=O)N1C. The van der Waals surface area contributed by atoms with Crippen LogP contribution in [0.25, 0.3) is 10.9 Å². The highest BCUT2D eigenvalue weighted by Gasteiger charge is 2.49. The second-order valence-corrected chi connectivity index (χ2v) is 34.1. The van der Waals surface area contributed by atoms with Crippen LogP contribution >= 0.6 is 11.8 Å². The topological polar surface area (TPSA) is 584 Å². The first-order valence-electron chi connectivity index (χ1n) is 42.7. The number of nitrogens with one attached hydrogen (secondary N) is 10. The number of aromatic amines is 1. The monoisotopic (exact) mass is 1860 g/mol. The molecular weight excluding hydrogens is 1750 g/mol. The van der Waals surface area contributed by atoms with E-state index in [0.717, 1.165) is 38.6 Å². The summed E-state index contributed by atoms with van der Waals surface area (Å²) < 4.78 is 44.9. The Balaban J connectivity index is 1.13. The number of H-pyrrole nitrogens is 1. The normalized spacial score (nSPS) is 24.8. The van der Waals surface area contributed by atoms with Crippen LogP contribution in [-0.4, -0.2) is 305 Å². The number of phenolic OH excluding ortho intramolecular Hbond substituents is 1. The molecule has 5 aromatic carbocycles. The summed E-state index contributed by atoms with van der Waals surface area (Å²) in [4.78, 5) is 256. The Labute approximate surface area is 760 Å². The molecule has 132 heavy (non-hydrogen) atoms. The predicted octanol–water partition coefficient (Wildman–Crippen LogP) is -1.81. The number of phenols is 1. The molecule has 15 atom stereocenters. The Morgan fingerprint density at radius 1 is 0.515 bits per heavy atom. The summed E-state index contributed by atoms with van der Waals surface area (Å²) in [6.07, 6.45) is -6.95. The molecule has 0 bridgehead atoms. The Kier molecular flexibility index (Phi) is 36.6. The lowest BCUT2D eigenvalue weighted by Crippen LogP contribution is -2.62. The van der Waals surface area contributed by atoms with Gasteiger partial charge in [-0.15, -0.1) is 11.8 Å². The van der Waals surface area contributed by atoms with Gasteiger partial charge in [0.2, 0.25) is 88.6 Å². The molecule has 0 radical (unpaired) electrons. The van der Waals surface area contributed by atoms with Crippen molar-refractivity contribution in [3.8, 4) is 5.75 Å². The molecule has 3 saturated heterocycles. The number of nitrogens with zero attached hydrogens (tertiary/aromatic N) is 5. The standard InChI is InChI=1S/C89H110F3N17O22S/c1-7-8-23-66-88(130)109-43-54(112)36-69(109)84(126)100-61(37-73(115)116)80(122)104-76(46(2)3)89(131)106(5)67(32-47-17-11-9-12-18-47)82(124)101-63(38-74(117)118)86(128)108-42-53(111)35-68(108)83(125)99-60(34-51-40-95-58-22-16-15-21-55(51)58)79(121)98-59(30-49-24-26-52(110)27-25-49)78(120)102-64(39-93)81(123)103-65(77(119)96-41-71(94)113)44-132-45-72(114)97-62(31-50-28-56(90)75(92)57(91)29-50)85(127)107(6)70(87(129)105(66)4)33-48-19-13-10-14-20-48/h9-22,24-29,40,46,53-54,59-70,76,95,110-112H,7-8,23,30-39,41-45,93H2,1-6H3,(H2,94,113)(H,96,119)(H,97,114)(H,98,121)(H,99,125)(H,100,126)(H,101,124)(H,102,120)(H,103,123)(H,104,122)(H,115,116)(H,117,118)/t53-,54-,59+,60+,61+,62+,63+,64+,65+,66+,67-,68-,69-,70+,76+/m1/s1. The number of carbonyl (C=O) groups excluding carboxylic acids is 15. The number of carboxylic acid groups (broad SMARTS) is 2. The molecule has 19 N–H and O–H groups in total. The van der Waals surface area contributed by atoms with Gasteiger partial charge >= 0.3 is 11.9 Å². The van der Waals surface area contributed by atoms with E-state index in [4.69, 9.17) is 11.5 Å². The van der Waals surface area contributed by atoms with Crippen molar-refractivity contribution in [2.24, 2.45) is 17.4 Å². The fraction of sp³-hybridized carbons (Fsp3) is 0.449. The molecule has 3 fully saturated rings. The first kappa shape index (κ1) is 102. The fourth-order valence-electron chi connectivity index (χ4n) is 15.8. The average molecular weight is 1860 g/mol. The van der Waals surface area contributed by atoms with Crippen LogP contribution in [0.3, 0.4) is 0 Å². The van der Waals surface area contributed by atoms with E-state index < -0.39 is 303 Å². The molecule has 0 unspecified atom stereocenters. The third-order valence-corrected chi connectivity index (χ3v) is 24.0. The van der Waals surface area contributed by atoms with E-state index in [1.165, 1.54) is 51.4 Å². The Hall–Kier alpha value is -13.6. The lowest BCUT2D eigenvalue weighted by atomic mass is 9.98. The Bertz CT molecular complexity index is 5200. The maximum atomic E-state index is 15.6. The van der Waals surface area contributed by atoms with Gasteiger partial charge in [0.1, 0.15) is 84.3 Å². The van der Waals surface area contributed by atoms with Gasteiger partial charge in [0.05, 0.1) is 37.3 Å². The maximum absolute atomic E-state index is 15.6. The molecular formula is C89H110F3N17O22S. The molecule has 9 rings (SSSR count). The molecule has 4 heterocycles. The molecule has 710 valence electrons. The Morgan fingerprint density at radius 2 is 1.00 bits per heavy atom. The number of carboxylic acids is 2.